The lowest BCUT2D eigenvalue weighted by molar-refractivity contribution is -0.139. The van der Waals surface area contributed by atoms with E-state index in [9.17, 15) is 4.79 Å². The molecule has 0 amide bonds. The molecule has 5 nitrogen and oxygen atoms in total. The summed E-state index contributed by atoms with van der Waals surface area (Å²) in [6.45, 7) is 6.39. The monoisotopic (exact) mass is 266 g/mol. The largest absolute Gasteiger partial charge is 0.460 e. The van der Waals surface area contributed by atoms with Crippen LogP contribution in [0.3, 0.4) is 0 Å². The maximum atomic E-state index is 10.6. The molecule has 0 radical (unpaired) electrons. The van der Waals surface area contributed by atoms with Crippen molar-refractivity contribution in [1.29, 1.82) is 0 Å². The van der Waals surface area contributed by atoms with Crippen molar-refractivity contribution in [2.24, 2.45) is 0 Å². The molecular formula is C11H19ClO5. The Labute approximate surface area is 107 Å². The summed E-state index contributed by atoms with van der Waals surface area (Å²) in [5.41, 5.74) is 0. The molecule has 0 atom stereocenters. The van der Waals surface area contributed by atoms with Crippen molar-refractivity contribution in [1.82, 2.24) is 0 Å². The van der Waals surface area contributed by atoms with Crippen LogP contribution in [0.25, 0.3) is 0 Å². The molecule has 0 saturated carbocycles. The third kappa shape index (κ3) is 13.3. The van der Waals surface area contributed by atoms with Crippen LogP contribution >= 0.6 is 11.6 Å². The molecule has 6 heteroatoms. The molecule has 17 heavy (non-hydrogen) atoms. The van der Waals surface area contributed by atoms with Gasteiger partial charge in [-0.05, 0) is 0 Å². The maximum Gasteiger partial charge on any atom is 0.330 e. The predicted molar refractivity (Wildman–Crippen MR) is 64.3 cm³/mol. The van der Waals surface area contributed by atoms with Crippen molar-refractivity contribution in [3.8, 4) is 0 Å². The van der Waals surface area contributed by atoms with Gasteiger partial charge in [0.05, 0.1) is 39.6 Å². The van der Waals surface area contributed by atoms with Gasteiger partial charge in [-0.3, -0.25) is 0 Å². The van der Waals surface area contributed by atoms with Crippen LogP contribution in [0, 0.1) is 0 Å². The van der Waals surface area contributed by atoms with Crippen LogP contribution in [0.4, 0.5) is 0 Å². The molecule has 0 aliphatic carbocycles. The zero-order chi connectivity index (χ0) is 12.8. The highest BCUT2D eigenvalue weighted by atomic mass is 35.5. The first-order valence-corrected chi connectivity index (χ1v) is 5.93. The van der Waals surface area contributed by atoms with Crippen molar-refractivity contribution in [3.63, 3.8) is 0 Å². The van der Waals surface area contributed by atoms with Crippen molar-refractivity contribution in [2.45, 2.75) is 0 Å². The fraction of sp³-hybridized carbons (Fsp3) is 0.727. The molecule has 0 spiro atoms. The molecule has 0 fully saturated rings. The SMILES string of the molecule is C=CC(=O)OCCOCCOCCOCCCl. The number of alkyl halides is 1. The molecule has 0 bridgehead atoms. The molecule has 0 rings (SSSR count). The third-order valence-electron chi connectivity index (χ3n) is 1.60. The minimum Gasteiger partial charge on any atom is -0.460 e. The van der Waals surface area contributed by atoms with E-state index in [1.165, 1.54) is 0 Å². The number of halogens is 1. The molecule has 0 aromatic heterocycles. The summed E-state index contributed by atoms with van der Waals surface area (Å²) >= 11 is 5.42. The quantitative estimate of drug-likeness (QED) is 0.228. The Morgan fingerprint density at radius 2 is 1.41 bits per heavy atom. The van der Waals surface area contributed by atoms with Crippen molar-refractivity contribution < 1.29 is 23.7 Å². The van der Waals surface area contributed by atoms with Crippen LogP contribution in [0.2, 0.25) is 0 Å². The fourth-order valence-corrected chi connectivity index (χ4v) is 0.966. The van der Waals surface area contributed by atoms with E-state index in [0.29, 0.717) is 45.5 Å². The van der Waals surface area contributed by atoms with Gasteiger partial charge in [-0.15, -0.1) is 11.6 Å². The van der Waals surface area contributed by atoms with E-state index >= 15 is 0 Å². The van der Waals surface area contributed by atoms with Gasteiger partial charge in [-0.2, -0.15) is 0 Å². The summed E-state index contributed by atoms with van der Waals surface area (Å²) in [6.07, 6.45) is 1.12. The average Bonchev–Trinajstić information content (AvgIpc) is 2.35. The molecule has 0 heterocycles. The number of hydrogen-bond acceptors (Lipinski definition) is 5. The summed E-state index contributed by atoms with van der Waals surface area (Å²) < 4.78 is 20.2. The van der Waals surface area contributed by atoms with Gasteiger partial charge in [0.25, 0.3) is 0 Å². The second-order valence-corrected chi connectivity index (χ2v) is 3.28. The number of hydrogen-bond donors (Lipinski definition) is 0. The van der Waals surface area contributed by atoms with Crippen LogP contribution < -0.4 is 0 Å². The molecular weight excluding hydrogens is 248 g/mol. The van der Waals surface area contributed by atoms with E-state index in [-0.39, 0.29) is 6.61 Å². The Kier molecular flexibility index (Phi) is 13.0. The molecule has 0 aromatic rings. The predicted octanol–water partition coefficient (Wildman–Crippen LogP) is 1.00. The highest BCUT2D eigenvalue weighted by Gasteiger charge is 1.95. The normalized spacial score (nSPS) is 10.2. The number of carbonyl (C=O) groups excluding carboxylic acids is 1. The summed E-state index contributed by atoms with van der Waals surface area (Å²) in [7, 11) is 0. The fourth-order valence-electron chi connectivity index (χ4n) is 0.857. The molecule has 0 N–H and O–H groups in total. The van der Waals surface area contributed by atoms with Gasteiger partial charge in [0.1, 0.15) is 6.61 Å². The zero-order valence-electron chi connectivity index (χ0n) is 9.86. The van der Waals surface area contributed by atoms with E-state index in [1.54, 1.807) is 0 Å². The van der Waals surface area contributed by atoms with Gasteiger partial charge >= 0.3 is 5.97 Å². The Hall–Kier alpha value is -0.620. The van der Waals surface area contributed by atoms with E-state index in [0.717, 1.165) is 6.08 Å². The highest BCUT2D eigenvalue weighted by Crippen LogP contribution is 1.84. The summed E-state index contributed by atoms with van der Waals surface area (Å²) in [5, 5.41) is 0. The molecule has 0 aliphatic heterocycles. The summed E-state index contributed by atoms with van der Waals surface area (Å²) in [5.74, 6) is 0.0493. The average molecular weight is 267 g/mol. The lowest BCUT2D eigenvalue weighted by atomic mass is 10.6. The van der Waals surface area contributed by atoms with Gasteiger partial charge < -0.3 is 18.9 Å². The molecule has 0 aliphatic rings. The van der Waals surface area contributed by atoms with Crippen molar-refractivity contribution in [3.05, 3.63) is 12.7 Å². The molecule has 0 aromatic carbocycles. The van der Waals surface area contributed by atoms with E-state index < -0.39 is 5.97 Å². The highest BCUT2D eigenvalue weighted by molar-refractivity contribution is 6.17. The zero-order valence-corrected chi connectivity index (χ0v) is 10.6. The first-order chi connectivity index (χ1) is 8.31. The topological polar surface area (TPSA) is 54.0 Å². The van der Waals surface area contributed by atoms with E-state index in [2.05, 4.69) is 6.58 Å². The van der Waals surface area contributed by atoms with Crippen LogP contribution in [-0.2, 0) is 23.7 Å². The van der Waals surface area contributed by atoms with Crippen molar-refractivity contribution >= 4 is 17.6 Å². The lowest BCUT2D eigenvalue weighted by Gasteiger charge is -2.06. The standard InChI is InChI=1S/C11H19ClO5/c1-2-11(13)17-10-9-16-8-7-15-6-5-14-4-3-12/h2H,1,3-10H2. The van der Waals surface area contributed by atoms with E-state index in [4.69, 9.17) is 30.5 Å². The van der Waals surface area contributed by atoms with Crippen LogP contribution in [0.5, 0.6) is 0 Å². The number of ether oxygens (including phenoxy) is 4. The van der Waals surface area contributed by atoms with Gasteiger partial charge in [-0.1, -0.05) is 6.58 Å². The minimum atomic E-state index is -0.443. The Bertz CT molecular complexity index is 198. The maximum absolute atomic E-state index is 10.6. The number of esters is 1. The minimum absolute atomic E-state index is 0.226. The number of rotatable bonds is 12. The van der Waals surface area contributed by atoms with Crippen LogP contribution in [0.15, 0.2) is 12.7 Å². The second kappa shape index (κ2) is 13.4. The molecule has 100 valence electrons. The Morgan fingerprint density at radius 1 is 0.941 bits per heavy atom. The van der Waals surface area contributed by atoms with E-state index in [1.807, 2.05) is 0 Å². The second-order valence-electron chi connectivity index (χ2n) is 2.90. The summed E-state index contributed by atoms with van der Waals surface area (Å²) in [6, 6.07) is 0. The molecule has 0 unspecified atom stereocenters. The first-order valence-electron chi connectivity index (χ1n) is 5.39. The van der Waals surface area contributed by atoms with Gasteiger partial charge in [0.2, 0.25) is 0 Å². The Morgan fingerprint density at radius 3 is 1.88 bits per heavy atom. The Balaban J connectivity index is 2.98. The lowest BCUT2D eigenvalue weighted by Crippen LogP contribution is -2.13. The van der Waals surface area contributed by atoms with Gasteiger partial charge in [-0.25, -0.2) is 4.79 Å². The van der Waals surface area contributed by atoms with Gasteiger partial charge in [0, 0.05) is 12.0 Å². The van der Waals surface area contributed by atoms with Crippen molar-refractivity contribution in [2.75, 3.05) is 52.1 Å². The smallest absolute Gasteiger partial charge is 0.330 e. The van der Waals surface area contributed by atoms with Gasteiger partial charge in [0.15, 0.2) is 0 Å². The first kappa shape index (κ1) is 16.4. The van der Waals surface area contributed by atoms with Crippen LogP contribution in [0.1, 0.15) is 0 Å². The number of carbonyl (C=O) groups is 1. The summed E-state index contributed by atoms with van der Waals surface area (Å²) in [4.78, 5) is 10.6. The third-order valence-corrected chi connectivity index (χ3v) is 1.76. The molecule has 0 saturated heterocycles. The van der Waals surface area contributed by atoms with Crippen LogP contribution in [-0.4, -0.2) is 58.1 Å².